The van der Waals surface area contributed by atoms with Crippen LogP contribution in [-0.2, 0) is 25.4 Å². The van der Waals surface area contributed by atoms with Gasteiger partial charge >= 0.3 is 5.97 Å². The fraction of sp³-hybridized carbons (Fsp3) is 0.519. The van der Waals surface area contributed by atoms with E-state index < -0.39 is 73.8 Å². The van der Waals surface area contributed by atoms with Crippen LogP contribution in [0.4, 0.5) is 0 Å². The molecule has 0 aromatic heterocycles. The van der Waals surface area contributed by atoms with E-state index in [0.29, 0.717) is 29.2 Å². The Balaban J connectivity index is 1.57. The molecule has 2 aromatic rings. The van der Waals surface area contributed by atoms with E-state index in [1.807, 2.05) is 31.2 Å². The topological polar surface area (TPSA) is 196 Å². The van der Waals surface area contributed by atoms with E-state index in [1.54, 1.807) is 18.2 Å². The van der Waals surface area contributed by atoms with Gasteiger partial charge in [0.05, 0.1) is 13.2 Å². The summed E-state index contributed by atoms with van der Waals surface area (Å²) in [4.78, 5) is 11.5. The summed E-state index contributed by atoms with van der Waals surface area (Å²) in [5.74, 6) is -0.888. The first kappa shape index (κ1) is 30.6. The third kappa shape index (κ3) is 6.42. The Hall–Kier alpha value is -2.36. The molecule has 2 saturated heterocycles. The zero-order valence-electron chi connectivity index (χ0n) is 21.5. The predicted molar refractivity (Wildman–Crippen MR) is 138 cm³/mol. The molecular weight excluding hydrogens is 552 g/mol. The Labute approximate surface area is 234 Å². The van der Waals surface area contributed by atoms with E-state index in [9.17, 15) is 40.5 Å². The molecule has 2 aliphatic rings. The number of aliphatic hydroxyl groups is 6. The first-order valence-electron chi connectivity index (χ1n) is 12.8. The van der Waals surface area contributed by atoms with E-state index >= 15 is 0 Å². The number of carboxylic acid groups (broad SMARTS) is 1. The Morgan fingerprint density at radius 3 is 2.25 bits per heavy atom. The van der Waals surface area contributed by atoms with Crippen molar-refractivity contribution in [1.82, 2.24) is 0 Å². The van der Waals surface area contributed by atoms with Gasteiger partial charge in [-0.2, -0.15) is 0 Å². The highest BCUT2D eigenvalue weighted by molar-refractivity contribution is 6.31. The molecule has 0 aliphatic carbocycles. The smallest absolute Gasteiger partial charge is 0.335 e. The highest BCUT2D eigenvalue weighted by atomic mass is 35.5. The lowest BCUT2D eigenvalue weighted by atomic mass is 9.89. The molecule has 4 rings (SSSR count). The minimum atomic E-state index is -1.95. The predicted octanol–water partition coefficient (Wildman–Crippen LogP) is -0.239. The molecule has 13 heteroatoms. The van der Waals surface area contributed by atoms with Crippen LogP contribution in [0.2, 0.25) is 5.02 Å². The molecule has 220 valence electrons. The second-order valence-electron chi connectivity index (χ2n) is 9.70. The summed E-state index contributed by atoms with van der Waals surface area (Å²) in [7, 11) is 0. The van der Waals surface area contributed by atoms with Crippen molar-refractivity contribution < 1.29 is 59.5 Å². The largest absolute Gasteiger partial charge is 0.494 e. The number of carbonyl (C=O) groups is 1. The van der Waals surface area contributed by atoms with Gasteiger partial charge in [-0.05, 0) is 48.2 Å². The van der Waals surface area contributed by atoms with Gasteiger partial charge in [-0.15, -0.1) is 0 Å². The normalized spacial score (nSPS) is 34.4. The van der Waals surface area contributed by atoms with Crippen molar-refractivity contribution in [2.45, 2.75) is 74.6 Å². The van der Waals surface area contributed by atoms with Gasteiger partial charge in [-0.25, -0.2) is 4.79 Å². The van der Waals surface area contributed by atoms with Crippen LogP contribution >= 0.6 is 11.6 Å². The number of ether oxygens (including phenoxy) is 4. The summed E-state index contributed by atoms with van der Waals surface area (Å²) in [5.41, 5.74) is 2.09. The van der Waals surface area contributed by atoms with E-state index in [0.717, 1.165) is 11.3 Å². The van der Waals surface area contributed by atoms with Crippen LogP contribution in [0.5, 0.6) is 5.75 Å². The molecule has 2 aliphatic heterocycles. The van der Waals surface area contributed by atoms with Crippen molar-refractivity contribution in [3.8, 4) is 5.75 Å². The minimum Gasteiger partial charge on any atom is -0.494 e. The fourth-order valence-electron chi connectivity index (χ4n) is 4.84. The monoisotopic (exact) mass is 584 g/mol. The van der Waals surface area contributed by atoms with Crippen LogP contribution in [0.25, 0.3) is 0 Å². The maximum Gasteiger partial charge on any atom is 0.335 e. The first-order chi connectivity index (χ1) is 19.0. The fourth-order valence-corrected chi connectivity index (χ4v) is 5.02. The number of rotatable bonds is 9. The average Bonchev–Trinajstić information content (AvgIpc) is 2.93. The molecule has 10 atom stereocenters. The van der Waals surface area contributed by atoms with Crippen molar-refractivity contribution in [2.24, 2.45) is 0 Å². The first-order valence-corrected chi connectivity index (χ1v) is 13.1. The van der Waals surface area contributed by atoms with Crippen LogP contribution in [-0.4, -0.2) is 110 Å². The molecule has 2 fully saturated rings. The lowest BCUT2D eigenvalue weighted by molar-refractivity contribution is -0.337. The van der Waals surface area contributed by atoms with Gasteiger partial charge in [0.1, 0.15) is 54.6 Å². The van der Waals surface area contributed by atoms with Crippen molar-refractivity contribution in [3.63, 3.8) is 0 Å². The second-order valence-corrected chi connectivity index (χ2v) is 10.1. The van der Waals surface area contributed by atoms with Gasteiger partial charge in [0, 0.05) is 5.02 Å². The number of aliphatic carboxylic acids is 1. The quantitative estimate of drug-likeness (QED) is 0.205. The van der Waals surface area contributed by atoms with Gasteiger partial charge < -0.3 is 54.7 Å². The SMILES string of the molecule is CCOc1ccc(Cc2cc([C@@H]3O[C@H](CO)[C@@H](O)[C@H](O[C@@H]4O[C@H](C(=O)O)[C@@H](O)[C@H](O)[C@H]4O)[C@H]3O)ccc2Cl)cc1. The number of aliphatic hydroxyl groups excluding tert-OH is 6. The van der Waals surface area contributed by atoms with Gasteiger partial charge in [-0.1, -0.05) is 35.9 Å². The minimum absolute atomic E-state index is 0.437. The maximum atomic E-state index is 11.5. The van der Waals surface area contributed by atoms with Crippen LogP contribution in [0.1, 0.15) is 29.7 Å². The molecule has 12 nitrogen and oxygen atoms in total. The van der Waals surface area contributed by atoms with Gasteiger partial charge in [0.15, 0.2) is 12.4 Å². The molecule has 0 radical (unpaired) electrons. The van der Waals surface area contributed by atoms with E-state index in [1.165, 1.54) is 0 Å². The molecule has 40 heavy (non-hydrogen) atoms. The summed E-state index contributed by atoms with van der Waals surface area (Å²) in [6, 6.07) is 12.4. The van der Waals surface area contributed by atoms with Gasteiger partial charge in [0.25, 0.3) is 0 Å². The summed E-state index contributed by atoms with van der Waals surface area (Å²) >= 11 is 6.45. The molecule has 0 spiro atoms. The number of benzene rings is 2. The van der Waals surface area contributed by atoms with Crippen molar-refractivity contribution in [2.75, 3.05) is 13.2 Å². The Kier molecular flexibility index (Phi) is 10.0. The Morgan fingerprint density at radius 2 is 1.62 bits per heavy atom. The van der Waals surface area contributed by atoms with Crippen LogP contribution in [0.3, 0.4) is 0 Å². The third-order valence-electron chi connectivity index (χ3n) is 7.00. The Morgan fingerprint density at radius 1 is 0.925 bits per heavy atom. The lowest BCUT2D eigenvalue weighted by Gasteiger charge is -2.46. The van der Waals surface area contributed by atoms with Gasteiger partial charge in [0.2, 0.25) is 0 Å². The zero-order valence-corrected chi connectivity index (χ0v) is 22.2. The van der Waals surface area contributed by atoms with Gasteiger partial charge in [-0.3, -0.25) is 0 Å². The molecule has 0 saturated carbocycles. The molecule has 0 amide bonds. The summed E-state index contributed by atoms with van der Waals surface area (Å²) in [6.45, 7) is 1.77. The number of carboxylic acids is 1. The summed E-state index contributed by atoms with van der Waals surface area (Å²) < 4.78 is 22.0. The van der Waals surface area contributed by atoms with Crippen LogP contribution in [0, 0.1) is 0 Å². The highest BCUT2D eigenvalue weighted by Crippen LogP contribution is 2.37. The molecule has 2 aromatic carbocycles. The standard InChI is InChI=1S/C27H33ClO12/c1-2-37-15-6-3-12(4-7-15)9-14-10-13(5-8-16(14)28)23-22(34)24(18(30)17(11-29)38-23)39-27-21(33)19(31)20(32)25(40-27)26(35)36/h3-8,10,17-25,27,29-34H,2,9,11H2,1H3,(H,35,36)/t17-,18-,19+,20+,21-,22+,23+,24+,25+,27-/m1/s1. The third-order valence-corrected chi connectivity index (χ3v) is 7.37. The number of hydrogen-bond donors (Lipinski definition) is 7. The number of halogens is 1. The molecular formula is C27H33ClO12. The van der Waals surface area contributed by atoms with Crippen molar-refractivity contribution >= 4 is 17.6 Å². The number of hydrogen-bond acceptors (Lipinski definition) is 11. The maximum absolute atomic E-state index is 11.5. The second kappa shape index (κ2) is 13.1. The molecule has 0 bridgehead atoms. The van der Waals surface area contributed by atoms with Crippen LogP contribution < -0.4 is 4.74 Å². The van der Waals surface area contributed by atoms with Crippen molar-refractivity contribution in [1.29, 1.82) is 0 Å². The van der Waals surface area contributed by atoms with E-state index in [-0.39, 0.29) is 0 Å². The molecule has 7 N–H and O–H groups in total. The summed E-state index contributed by atoms with van der Waals surface area (Å²) in [6.07, 6.45) is -16.3. The molecule has 2 heterocycles. The highest BCUT2D eigenvalue weighted by Gasteiger charge is 2.52. The molecule has 0 unspecified atom stereocenters. The van der Waals surface area contributed by atoms with E-state index in [4.69, 9.17) is 30.5 Å². The van der Waals surface area contributed by atoms with Crippen molar-refractivity contribution in [3.05, 3.63) is 64.2 Å². The van der Waals surface area contributed by atoms with Crippen LogP contribution in [0.15, 0.2) is 42.5 Å². The average molecular weight is 585 g/mol. The zero-order chi connectivity index (χ0) is 29.1. The summed E-state index contributed by atoms with van der Waals surface area (Å²) in [5, 5.41) is 72.0. The lowest BCUT2D eigenvalue weighted by Crippen LogP contribution is -2.64. The van der Waals surface area contributed by atoms with E-state index in [2.05, 4.69) is 0 Å². The Bertz CT molecular complexity index is 1150.